The number of pyridine rings is 1. The van der Waals surface area contributed by atoms with Gasteiger partial charge in [0.2, 0.25) is 0 Å². The number of aromatic nitrogens is 7. The highest BCUT2D eigenvalue weighted by Gasteiger charge is 2.18. The van der Waals surface area contributed by atoms with Gasteiger partial charge in [0.05, 0.1) is 16.7 Å². The van der Waals surface area contributed by atoms with E-state index in [4.69, 9.17) is 4.98 Å². The molecule has 0 unspecified atom stereocenters. The quantitative estimate of drug-likeness (QED) is 0.402. The van der Waals surface area contributed by atoms with Gasteiger partial charge in [0.1, 0.15) is 35.3 Å². The third kappa shape index (κ3) is 3.75. The van der Waals surface area contributed by atoms with Crippen molar-refractivity contribution in [1.82, 2.24) is 34.5 Å². The van der Waals surface area contributed by atoms with Crippen LogP contribution in [0.1, 0.15) is 28.7 Å². The number of fused-ring (bicyclic) bond motifs is 1. The van der Waals surface area contributed by atoms with Gasteiger partial charge in [0, 0.05) is 24.4 Å². The van der Waals surface area contributed by atoms with Gasteiger partial charge in [-0.2, -0.15) is 15.5 Å². The van der Waals surface area contributed by atoms with Gasteiger partial charge in [-0.1, -0.05) is 0 Å². The zero-order chi connectivity index (χ0) is 23.8. The predicted octanol–water partition coefficient (Wildman–Crippen LogP) is 3.74. The summed E-state index contributed by atoms with van der Waals surface area (Å²) in [5, 5.41) is 25.1. The molecule has 0 aliphatic carbocycles. The highest BCUT2D eigenvalue weighted by molar-refractivity contribution is 5.99. The summed E-state index contributed by atoms with van der Waals surface area (Å²) < 4.78 is 3.31. The second-order valence-corrected chi connectivity index (χ2v) is 7.78. The van der Waals surface area contributed by atoms with Gasteiger partial charge in [-0.15, -0.1) is 5.10 Å². The molecule has 1 N–H and O–H groups in total. The Hall–Kier alpha value is -4.91. The molecule has 0 aliphatic rings. The van der Waals surface area contributed by atoms with Crippen LogP contribution >= 0.6 is 0 Å². The number of benzene rings is 1. The van der Waals surface area contributed by atoms with E-state index in [1.54, 1.807) is 31.6 Å². The van der Waals surface area contributed by atoms with Gasteiger partial charge >= 0.3 is 0 Å². The Balaban J connectivity index is 1.54. The van der Waals surface area contributed by atoms with Crippen LogP contribution in [0.15, 0.2) is 54.9 Å². The molecule has 4 heterocycles. The largest absolute Gasteiger partial charge is 0.339 e. The fraction of sp³-hybridized carbons (Fsp3) is 0.125. The molecule has 0 bridgehead atoms. The molecule has 0 spiro atoms. The highest BCUT2D eigenvalue weighted by atomic mass is 16.1. The Kier molecular flexibility index (Phi) is 5.07. The lowest BCUT2D eigenvalue weighted by molar-refractivity contribution is 0.101. The molecule has 166 valence electrons. The first-order chi connectivity index (χ1) is 16.4. The lowest BCUT2D eigenvalue weighted by Crippen LogP contribution is -2.04. The van der Waals surface area contributed by atoms with Crippen LogP contribution in [-0.2, 0) is 7.05 Å². The number of carbonyl (C=O) groups excluding carboxylic acids is 1. The van der Waals surface area contributed by atoms with Crippen molar-refractivity contribution in [1.29, 1.82) is 5.26 Å². The molecule has 5 aromatic rings. The van der Waals surface area contributed by atoms with E-state index in [1.807, 2.05) is 41.8 Å². The van der Waals surface area contributed by atoms with Crippen LogP contribution < -0.4 is 5.32 Å². The number of nitrogens with zero attached hydrogens (tertiary/aromatic N) is 8. The molecule has 0 radical (unpaired) electrons. The third-order valence-electron chi connectivity index (χ3n) is 5.36. The molecule has 0 amide bonds. The van der Waals surface area contributed by atoms with Crippen molar-refractivity contribution >= 4 is 28.3 Å². The lowest BCUT2D eigenvalue weighted by Gasteiger charge is -2.09. The average molecular weight is 449 g/mol. The second kappa shape index (κ2) is 8.22. The fourth-order valence-electron chi connectivity index (χ4n) is 3.64. The van der Waals surface area contributed by atoms with E-state index >= 15 is 0 Å². The molecule has 0 saturated heterocycles. The summed E-state index contributed by atoms with van der Waals surface area (Å²) in [7, 11) is 1.68. The summed E-state index contributed by atoms with van der Waals surface area (Å²) in [6.07, 6.45) is 1.68. The molecule has 34 heavy (non-hydrogen) atoms. The van der Waals surface area contributed by atoms with E-state index in [0.29, 0.717) is 34.3 Å². The number of nitrogens with one attached hydrogen (secondary N) is 1. The summed E-state index contributed by atoms with van der Waals surface area (Å²) in [5.74, 6) is 1.09. The van der Waals surface area contributed by atoms with E-state index in [0.717, 1.165) is 22.4 Å². The molecular weight excluding hydrogens is 430 g/mol. The minimum Gasteiger partial charge on any atom is -0.339 e. The van der Waals surface area contributed by atoms with Gasteiger partial charge < -0.3 is 5.32 Å². The van der Waals surface area contributed by atoms with Crippen molar-refractivity contribution in [3.05, 3.63) is 71.8 Å². The summed E-state index contributed by atoms with van der Waals surface area (Å²) in [6.45, 7) is 3.36. The van der Waals surface area contributed by atoms with Crippen molar-refractivity contribution in [3.63, 3.8) is 0 Å². The Morgan fingerprint density at radius 1 is 1.09 bits per heavy atom. The van der Waals surface area contributed by atoms with E-state index < -0.39 is 0 Å². The molecule has 5 rings (SSSR count). The van der Waals surface area contributed by atoms with Crippen LogP contribution in [0.25, 0.3) is 28.2 Å². The van der Waals surface area contributed by atoms with Crippen LogP contribution in [0.2, 0.25) is 0 Å². The molecule has 10 heteroatoms. The van der Waals surface area contributed by atoms with E-state index in [1.165, 1.54) is 11.6 Å². The maximum Gasteiger partial charge on any atom is 0.162 e. The Labute approximate surface area is 194 Å². The predicted molar refractivity (Wildman–Crippen MR) is 126 cm³/mol. The van der Waals surface area contributed by atoms with Gasteiger partial charge in [-0.25, -0.2) is 9.97 Å². The maximum atomic E-state index is 12.2. The summed E-state index contributed by atoms with van der Waals surface area (Å²) >= 11 is 0. The number of imidazole rings is 1. The van der Waals surface area contributed by atoms with E-state index in [9.17, 15) is 10.1 Å². The van der Waals surface area contributed by atoms with Crippen molar-refractivity contribution in [2.24, 2.45) is 7.05 Å². The Bertz CT molecular complexity index is 1590. The van der Waals surface area contributed by atoms with Crippen molar-refractivity contribution < 1.29 is 4.79 Å². The molecule has 0 saturated carbocycles. The molecule has 4 aromatic heterocycles. The second-order valence-electron chi connectivity index (χ2n) is 7.78. The van der Waals surface area contributed by atoms with Crippen LogP contribution in [0.5, 0.6) is 0 Å². The summed E-state index contributed by atoms with van der Waals surface area (Å²) in [5.41, 5.74) is 4.96. The minimum absolute atomic E-state index is 0.136. The van der Waals surface area contributed by atoms with Gasteiger partial charge in [-0.3, -0.25) is 14.0 Å². The summed E-state index contributed by atoms with van der Waals surface area (Å²) in [6, 6.07) is 16.7. The number of rotatable bonds is 5. The number of ketones is 1. The Morgan fingerprint density at radius 2 is 1.94 bits per heavy atom. The normalized spacial score (nSPS) is 10.9. The van der Waals surface area contributed by atoms with Gasteiger partial charge in [0.25, 0.3) is 0 Å². The maximum absolute atomic E-state index is 12.2. The molecule has 10 nitrogen and oxygen atoms in total. The first-order valence-corrected chi connectivity index (χ1v) is 10.4. The van der Waals surface area contributed by atoms with Crippen LogP contribution in [0.4, 0.5) is 11.5 Å². The van der Waals surface area contributed by atoms with Crippen molar-refractivity contribution in [2.75, 3.05) is 5.32 Å². The van der Waals surface area contributed by atoms with E-state index in [-0.39, 0.29) is 5.78 Å². The first kappa shape index (κ1) is 21.0. The lowest BCUT2D eigenvalue weighted by atomic mass is 10.1. The number of carbonyl (C=O) groups is 1. The number of anilines is 2. The molecule has 0 atom stereocenters. The first-order valence-electron chi connectivity index (χ1n) is 10.4. The molecule has 0 aliphatic heterocycles. The van der Waals surface area contributed by atoms with Crippen LogP contribution in [0, 0.1) is 18.3 Å². The van der Waals surface area contributed by atoms with Gasteiger partial charge in [-0.05, 0) is 56.3 Å². The zero-order valence-electron chi connectivity index (χ0n) is 18.7. The van der Waals surface area contributed by atoms with E-state index in [2.05, 4.69) is 31.7 Å². The van der Waals surface area contributed by atoms with Crippen LogP contribution in [0.3, 0.4) is 0 Å². The number of hydrogen-bond donors (Lipinski definition) is 1. The topological polar surface area (TPSA) is 127 Å². The SMILES string of the molecule is CC(=O)c1ccc(-n2cnc3cc(Nc4ccc(C)nn4)ccc32)nc1-c1cc(C#N)n(C)n1. The number of aryl methyl sites for hydroxylation is 2. The monoisotopic (exact) mass is 449 g/mol. The minimum atomic E-state index is -0.136. The zero-order valence-corrected chi connectivity index (χ0v) is 18.7. The van der Waals surface area contributed by atoms with Crippen LogP contribution in [-0.4, -0.2) is 40.3 Å². The third-order valence-corrected chi connectivity index (χ3v) is 5.36. The number of hydrogen-bond acceptors (Lipinski definition) is 8. The fourth-order valence-corrected chi connectivity index (χ4v) is 3.64. The highest BCUT2D eigenvalue weighted by Crippen LogP contribution is 2.26. The standard InChI is InChI=1S/C24H19N9O/c1-14-4-8-22(30-29-14)27-16-5-7-21-19(10-16)26-13-33(21)23-9-6-18(15(2)34)24(28-23)20-11-17(12-25)32(3)31-20/h4-11,13H,1-3H3,(H,27,30). The molecule has 1 aromatic carbocycles. The van der Waals surface area contributed by atoms with Crippen molar-refractivity contribution in [3.8, 4) is 23.3 Å². The van der Waals surface area contributed by atoms with Crippen molar-refractivity contribution in [2.45, 2.75) is 13.8 Å². The number of nitriles is 1. The smallest absolute Gasteiger partial charge is 0.162 e. The Morgan fingerprint density at radius 3 is 2.65 bits per heavy atom. The van der Waals surface area contributed by atoms with Gasteiger partial charge in [0.15, 0.2) is 11.6 Å². The molecular formula is C24H19N9O. The molecule has 0 fully saturated rings. The average Bonchev–Trinajstić information content (AvgIpc) is 3.43. The number of Topliss-reactive ketones (excluding diaryl/α,β-unsaturated/α-hetero) is 1. The summed E-state index contributed by atoms with van der Waals surface area (Å²) in [4.78, 5) is 21.5.